The number of hydrogen-bond acceptors (Lipinski definition) is 18. The summed E-state index contributed by atoms with van der Waals surface area (Å²) in [5.74, 6) is -0.288. The van der Waals surface area contributed by atoms with Crippen molar-refractivity contribution in [3.8, 4) is 0 Å². The molecule has 17 atom stereocenters. The summed E-state index contributed by atoms with van der Waals surface area (Å²) in [6.07, 6.45) is -8.28. The van der Waals surface area contributed by atoms with Gasteiger partial charge in [0, 0.05) is 6.42 Å². The molecule has 0 radical (unpaired) electrons. The fourth-order valence-electron chi connectivity index (χ4n) is 7.54. The first-order chi connectivity index (χ1) is 28.8. The zero-order valence-corrected chi connectivity index (χ0v) is 35.2. The molecule has 1 amide bonds. The number of carbonyl (C=O) groups excluding carboxylic acids is 1. The third-order valence-corrected chi connectivity index (χ3v) is 11.3. The average molecular weight is 870 g/mol. The van der Waals surface area contributed by atoms with E-state index < -0.39 is 124 Å². The second kappa shape index (κ2) is 28.3. The predicted octanol–water partition coefficient (Wildman–Crippen LogP) is -1.26. The van der Waals surface area contributed by atoms with Crippen LogP contribution < -0.4 is 5.32 Å². The van der Waals surface area contributed by atoms with Gasteiger partial charge < -0.3 is 89.9 Å². The molecule has 0 aromatic rings. The van der Waals surface area contributed by atoms with Gasteiger partial charge in [0.15, 0.2) is 18.9 Å². The third kappa shape index (κ3) is 16.0. The highest BCUT2D eigenvalue weighted by Gasteiger charge is 2.53. The summed E-state index contributed by atoms with van der Waals surface area (Å²) in [6.45, 7) is 1.51. The van der Waals surface area contributed by atoms with Crippen LogP contribution in [0.1, 0.15) is 110 Å². The van der Waals surface area contributed by atoms with Gasteiger partial charge in [0.05, 0.1) is 38.6 Å². The second-order valence-electron chi connectivity index (χ2n) is 16.2. The van der Waals surface area contributed by atoms with Gasteiger partial charge in [-0.2, -0.15) is 0 Å². The number of amides is 1. The summed E-state index contributed by atoms with van der Waals surface area (Å²) in [6, 6.07) is -0.960. The minimum absolute atomic E-state index is 0.244. The van der Waals surface area contributed by atoms with Crippen LogP contribution in [0.25, 0.3) is 0 Å². The number of allylic oxidation sites excluding steroid dienone is 1. The van der Waals surface area contributed by atoms with E-state index >= 15 is 0 Å². The summed E-state index contributed by atoms with van der Waals surface area (Å²) in [5.41, 5.74) is 0. The first kappa shape index (κ1) is 52.9. The highest BCUT2D eigenvalue weighted by atomic mass is 16.8. The number of rotatable bonds is 28. The first-order valence-corrected chi connectivity index (χ1v) is 21.9. The van der Waals surface area contributed by atoms with E-state index in [9.17, 15) is 61.0 Å². The molecule has 19 nitrogen and oxygen atoms in total. The van der Waals surface area contributed by atoms with Crippen molar-refractivity contribution in [3.63, 3.8) is 0 Å². The van der Waals surface area contributed by atoms with Crippen molar-refractivity contribution in [2.45, 2.75) is 214 Å². The molecule has 3 fully saturated rings. The lowest BCUT2D eigenvalue weighted by Crippen LogP contribution is -2.66. The van der Waals surface area contributed by atoms with Crippen LogP contribution in [0.3, 0.4) is 0 Å². The van der Waals surface area contributed by atoms with Crippen LogP contribution in [0.15, 0.2) is 12.2 Å². The molecule has 3 saturated heterocycles. The van der Waals surface area contributed by atoms with Crippen LogP contribution in [0.4, 0.5) is 0 Å². The number of aliphatic hydroxyl groups is 11. The zero-order chi connectivity index (χ0) is 44.2. The Morgan fingerprint density at radius 1 is 0.583 bits per heavy atom. The minimum atomic E-state index is -1.97. The van der Waals surface area contributed by atoms with Gasteiger partial charge in [-0.15, -0.1) is 0 Å². The van der Waals surface area contributed by atoms with E-state index in [1.807, 2.05) is 6.08 Å². The maximum Gasteiger partial charge on any atom is 0.220 e. The molecule has 60 heavy (non-hydrogen) atoms. The van der Waals surface area contributed by atoms with E-state index in [1.165, 1.54) is 38.5 Å². The van der Waals surface area contributed by atoms with Gasteiger partial charge in [0.25, 0.3) is 0 Å². The summed E-state index contributed by atoms with van der Waals surface area (Å²) in [4.78, 5) is 13.0. The Kier molecular flexibility index (Phi) is 25.0. The van der Waals surface area contributed by atoms with Gasteiger partial charge in [-0.1, -0.05) is 96.6 Å². The predicted molar refractivity (Wildman–Crippen MR) is 213 cm³/mol. The lowest BCUT2D eigenvalue weighted by Gasteiger charge is -2.48. The minimum Gasteiger partial charge on any atom is -0.394 e. The molecule has 352 valence electrons. The molecule has 12 N–H and O–H groups in total. The number of unbranched alkanes of at least 4 members (excludes halogenated alkanes) is 12. The summed E-state index contributed by atoms with van der Waals surface area (Å²) in [7, 11) is 0. The summed E-state index contributed by atoms with van der Waals surface area (Å²) in [5, 5.41) is 119. The molecule has 19 heteroatoms. The molecule has 3 aliphatic heterocycles. The molecular formula is C41H75NO18. The van der Waals surface area contributed by atoms with Gasteiger partial charge in [-0.25, -0.2) is 0 Å². The van der Waals surface area contributed by atoms with Crippen LogP contribution in [0, 0.1) is 0 Å². The second-order valence-corrected chi connectivity index (χ2v) is 16.2. The molecule has 3 rings (SSSR count). The van der Waals surface area contributed by atoms with Gasteiger partial charge >= 0.3 is 0 Å². The molecule has 3 aliphatic rings. The molecular weight excluding hydrogens is 794 g/mol. The Labute approximate surface area is 353 Å². The number of carbonyl (C=O) groups is 1. The average Bonchev–Trinajstić information content (AvgIpc) is 3.24. The van der Waals surface area contributed by atoms with Gasteiger partial charge in [-0.3, -0.25) is 4.79 Å². The van der Waals surface area contributed by atoms with Crippen LogP contribution >= 0.6 is 0 Å². The van der Waals surface area contributed by atoms with Crippen molar-refractivity contribution in [3.05, 3.63) is 12.2 Å². The fourth-order valence-corrected chi connectivity index (χ4v) is 7.54. The molecule has 17 unspecified atom stereocenters. The first-order valence-electron chi connectivity index (χ1n) is 21.9. The van der Waals surface area contributed by atoms with Crippen LogP contribution in [0.2, 0.25) is 0 Å². The SMILES string of the molecule is CCCCC/C=C/C(O)C(COC1OC(CO)C(OC2OC(CO)C(OC3OC(CO)C(O)C(O)C3O)C(O)C2O)C(O)C1O)NC(=O)CCCCCCCCCCCC. The molecule has 3 heterocycles. The van der Waals surface area contributed by atoms with Crippen molar-refractivity contribution >= 4 is 5.91 Å². The highest BCUT2D eigenvalue weighted by Crippen LogP contribution is 2.33. The number of nitrogens with one attached hydrogen (secondary N) is 1. The van der Waals surface area contributed by atoms with Crippen molar-refractivity contribution < 1.29 is 89.4 Å². The Balaban J connectivity index is 1.59. The molecule has 0 aromatic heterocycles. The van der Waals surface area contributed by atoms with Gasteiger partial charge in [0.2, 0.25) is 5.91 Å². The Bertz CT molecular complexity index is 1180. The lowest BCUT2D eigenvalue weighted by molar-refractivity contribution is -0.379. The van der Waals surface area contributed by atoms with E-state index in [2.05, 4.69) is 19.2 Å². The Morgan fingerprint density at radius 3 is 1.57 bits per heavy atom. The van der Waals surface area contributed by atoms with Crippen LogP contribution in [-0.2, 0) is 33.2 Å². The lowest BCUT2D eigenvalue weighted by atomic mass is 9.96. The van der Waals surface area contributed by atoms with Crippen molar-refractivity contribution in [1.29, 1.82) is 0 Å². The molecule has 0 bridgehead atoms. The Morgan fingerprint density at radius 2 is 1.03 bits per heavy atom. The van der Waals surface area contributed by atoms with E-state index in [1.54, 1.807) is 6.08 Å². The quantitative estimate of drug-likeness (QED) is 0.0323. The fraction of sp³-hybridized carbons (Fsp3) is 0.927. The van der Waals surface area contributed by atoms with E-state index in [-0.39, 0.29) is 18.9 Å². The van der Waals surface area contributed by atoms with Gasteiger partial charge in [-0.05, 0) is 19.3 Å². The smallest absolute Gasteiger partial charge is 0.220 e. The van der Waals surface area contributed by atoms with Crippen LogP contribution in [-0.4, -0.2) is 193 Å². The van der Waals surface area contributed by atoms with E-state index in [0.717, 1.165) is 44.9 Å². The maximum atomic E-state index is 13.0. The van der Waals surface area contributed by atoms with Crippen molar-refractivity contribution in [2.75, 3.05) is 26.4 Å². The Hall–Kier alpha value is -1.47. The molecule has 0 spiro atoms. The molecule has 0 aliphatic carbocycles. The van der Waals surface area contributed by atoms with E-state index in [0.29, 0.717) is 6.42 Å². The third-order valence-electron chi connectivity index (χ3n) is 11.3. The largest absolute Gasteiger partial charge is 0.394 e. The maximum absolute atomic E-state index is 13.0. The topological polar surface area (TPSA) is 307 Å². The highest BCUT2D eigenvalue weighted by molar-refractivity contribution is 5.76. The van der Waals surface area contributed by atoms with Crippen molar-refractivity contribution in [1.82, 2.24) is 5.32 Å². The summed E-state index contributed by atoms with van der Waals surface area (Å²) >= 11 is 0. The summed E-state index contributed by atoms with van der Waals surface area (Å²) < 4.78 is 33.8. The molecule has 0 saturated carbocycles. The number of ether oxygens (including phenoxy) is 6. The normalized spacial score (nSPS) is 36.0. The van der Waals surface area contributed by atoms with Gasteiger partial charge in [0.1, 0.15) is 73.2 Å². The zero-order valence-electron chi connectivity index (χ0n) is 35.2. The standard InChI is InChI=1S/C41H75NO18/c1-3-5-7-9-10-11-12-13-15-17-19-29(47)42-24(25(46)18-16-14-8-6-4-2)23-55-39-35(53)32(50)37(27(21-44)57-39)60-41-36(54)33(51)38(28(22-45)58-41)59-40-34(52)31(49)30(48)26(20-43)56-40/h16,18,24-28,30-41,43-46,48-54H,3-15,17,19-23H2,1-2H3,(H,42,47)/b18-16+. The number of hydrogen-bond donors (Lipinski definition) is 12. The van der Waals surface area contributed by atoms with Crippen molar-refractivity contribution in [2.24, 2.45) is 0 Å². The number of aliphatic hydroxyl groups excluding tert-OH is 11. The van der Waals surface area contributed by atoms with E-state index in [4.69, 9.17) is 28.4 Å². The monoisotopic (exact) mass is 869 g/mol. The van der Waals surface area contributed by atoms with Crippen LogP contribution in [0.5, 0.6) is 0 Å². The molecule has 0 aromatic carbocycles.